The highest BCUT2D eigenvalue weighted by Gasteiger charge is 2.21. The Kier molecular flexibility index (Phi) is 5.00. The molecule has 0 saturated heterocycles. The maximum Gasteiger partial charge on any atom is 0.132 e. The van der Waals surface area contributed by atoms with Crippen molar-refractivity contribution < 1.29 is 19.3 Å². The molecule has 0 aliphatic heterocycles. The number of aromatic nitrogens is 1. The Labute approximate surface area is 124 Å². The molecule has 112 valence electrons. The van der Waals surface area contributed by atoms with Gasteiger partial charge in [0, 0.05) is 30.9 Å². The first kappa shape index (κ1) is 15.1. The lowest BCUT2D eigenvalue weighted by atomic mass is 10.0. The number of aliphatic hydroxyl groups is 1. The van der Waals surface area contributed by atoms with Crippen LogP contribution in [0.1, 0.15) is 17.2 Å². The molecule has 1 aromatic heterocycles. The zero-order chi connectivity index (χ0) is 15.2. The van der Waals surface area contributed by atoms with Gasteiger partial charge in [0.2, 0.25) is 0 Å². The Morgan fingerprint density at radius 3 is 2.24 bits per heavy atom. The standard InChI is InChI=1S/C16H19NO4/c1-19-12-8-14(20-2)16(15(9-12)21-3)13(18)7-11-5-4-6-17-10-11/h4-6,8-10,13,18H,7H2,1-3H3. The fourth-order valence-electron chi connectivity index (χ4n) is 2.21. The van der Waals surface area contributed by atoms with Gasteiger partial charge in [-0.1, -0.05) is 6.07 Å². The summed E-state index contributed by atoms with van der Waals surface area (Å²) in [5.74, 6) is 1.67. The van der Waals surface area contributed by atoms with Crippen molar-refractivity contribution in [3.05, 3.63) is 47.8 Å². The van der Waals surface area contributed by atoms with Gasteiger partial charge in [0.05, 0.1) is 33.0 Å². The van der Waals surface area contributed by atoms with Crippen molar-refractivity contribution in [1.82, 2.24) is 4.98 Å². The number of hydrogen-bond acceptors (Lipinski definition) is 5. The molecule has 1 aromatic carbocycles. The van der Waals surface area contributed by atoms with Crippen LogP contribution in [0.4, 0.5) is 0 Å². The first-order valence-corrected chi connectivity index (χ1v) is 6.56. The van der Waals surface area contributed by atoms with Crippen molar-refractivity contribution in [1.29, 1.82) is 0 Å². The van der Waals surface area contributed by atoms with Crippen LogP contribution < -0.4 is 14.2 Å². The minimum atomic E-state index is -0.759. The smallest absolute Gasteiger partial charge is 0.132 e. The summed E-state index contributed by atoms with van der Waals surface area (Å²) in [6.07, 6.45) is 3.09. The van der Waals surface area contributed by atoms with E-state index < -0.39 is 6.10 Å². The van der Waals surface area contributed by atoms with Gasteiger partial charge in [-0.3, -0.25) is 4.98 Å². The maximum atomic E-state index is 10.5. The van der Waals surface area contributed by atoms with Crippen LogP contribution in [0.15, 0.2) is 36.7 Å². The van der Waals surface area contributed by atoms with Gasteiger partial charge in [-0.2, -0.15) is 0 Å². The highest BCUT2D eigenvalue weighted by Crippen LogP contribution is 2.39. The predicted molar refractivity (Wildman–Crippen MR) is 79.0 cm³/mol. The minimum absolute atomic E-state index is 0.424. The molecule has 5 nitrogen and oxygen atoms in total. The third-order valence-corrected chi connectivity index (χ3v) is 3.24. The third kappa shape index (κ3) is 3.44. The van der Waals surface area contributed by atoms with E-state index >= 15 is 0 Å². The molecule has 0 spiro atoms. The number of rotatable bonds is 6. The molecular formula is C16H19NO4. The van der Waals surface area contributed by atoms with E-state index in [4.69, 9.17) is 14.2 Å². The molecule has 1 unspecified atom stereocenters. The summed E-state index contributed by atoms with van der Waals surface area (Å²) in [4.78, 5) is 4.05. The van der Waals surface area contributed by atoms with Crippen LogP contribution in [0.5, 0.6) is 17.2 Å². The fraction of sp³-hybridized carbons (Fsp3) is 0.312. The lowest BCUT2D eigenvalue weighted by Gasteiger charge is -2.19. The summed E-state index contributed by atoms with van der Waals surface area (Å²) in [7, 11) is 4.67. The summed E-state index contributed by atoms with van der Waals surface area (Å²) in [5.41, 5.74) is 1.54. The molecule has 2 aromatic rings. The Bertz CT molecular complexity index is 561. The quantitative estimate of drug-likeness (QED) is 0.884. The van der Waals surface area contributed by atoms with Crippen molar-refractivity contribution in [2.24, 2.45) is 0 Å². The summed E-state index contributed by atoms with van der Waals surface area (Å²) < 4.78 is 15.9. The lowest BCUT2D eigenvalue weighted by Crippen LogP contribution is -2.07. The van der Waals surface area contributed by atoms with Gasteiger partial charge in [0.25, 0.3) is 0 Å². The van der Waals surface area contributed by atoms with Crippen molar-refractivity contribution in [3.8, 4) is 17.2 Å². The second-order valence-corrected chi connectivity index (χ2v) is 4.53. The molecule has 0 bridgehead atoms. The van der Waals surface area contributed by atoms with Gasteiger partial charge >= 0.3 is 0 Å². The predicted octanol–water partition coefficient (Wildman–Crippen LogP) is 2.38. The highest BCUT2D eigenvalue weighted by atomic mass is 16.5. The second kappa shape index (κ2) is 6.95. The van der Waals surface area contributed by atoms with E-state index in [9.17, 15) is 5.11 Å². The van der Waals surface area contributed by atoms with Crippen LogP contribution in [0.25, 0.3) is 0 Å². The number of nitrogens with zero attached hydrogens (tertiary/aromatic N) is 1. The van der Waals surface area contributed by atoms with Crippen LogP contribution in [-0.2, 0) is 6.42 Å². The van der Waals surface area contributed by atoms with E-state index in [1.54, 1.807) is 45.9 Å². The van der Waals surface area contributed by atoms with Crippen molar-refractivity contribution in [3.63, 3.8) is 0 Å². The van der Waals surface area contributed by atoms with Crippen LogP contribution >= 0.6 is 0 Å². The number of benzene rings is 1. The first-order valence-electron chi connectivity index (χ1n) is 6.56. The van der Waals surface area contributed by atoms with Crippen molar-refractivity contribution >= 4 is 0 Å². The molecule has 0 saturated carbocycles. The monoisotopic (exact) mass is 289 g/mol. The van der Waals surface area contributed by atoms with Gasteiger partial charge in [0.15, 0.2) is 0 Å². The summed E-state index contributed by atoms with van der Waals surface area (Å²) in [6, 6.07) is 7.21. The van der Waals surface area contributed by atoms with Gasteiger partial charge in [-0.05, 0) is 11.6 Å². The average Bonchev–Trinajstić information content (AvgIpc) is 2.54. The minimum Gasteiger partial charge on any atom is -0.496 e. The number of aliphatic hydroxyl groups excluding tert-OH is 1. The zero-order valence-corrected chi connectivity index (χ0v) is 12.4. The SMILES string of the molecule is COc1cc(OC)c(C(O)Cc2cccnc2)c(OC)c1. The number of pyridine rings is 1. The second-order valence-electron chi connectivity index (χ2n) is 4.53. The van der Waals surface area contributed by atoms with Gasteiger partial charge in [-0.25, -0.2) is 0 Å². The molecule has 5 heteroatoms. The molecule has 1 atom stereocenters. The molecular weight excluding hydrogens is 270 g/mol. The summed E-state index contributed by atoms with van der Waals surface area (Å²) in [5, 5.41) is 10.5. The van der Waals surface area contributed by atoms with E-state index in [2.05, 4.69) is 4.98 Å². The number of ether oxygens (including phenoxy) is 3. The molecule has 0 radical (unpaired) electrons. The fourth-order valence-corrected chi connectivity index (χ4v) is 2.21. The largest absolute Gasteiger partial charge is 0.496 e. The van der Waals surface area contributed by atoms with Crippen LogP contribution in [0.3, 0.4) is 0 Å². The van der Waals surface area contributed by atoms with E-state index in [-0.39, 0.29) is 0 Å². The number of hydrogen-bond donors (Lipinski definition) is 1. The average molecular weight is 289 g/mol. The number of methoxy groups -OCH3 is 3. The third-order valence-electron chi connectivity index (χ3n) is 3.24. The summed E-state index contributed by atoms with van der Waals surface area (Å²) in [6.45, 7) is 0. The van der Waals surface area contributed by atoms with Crippen LogP contribution in [0.2, 0.25) is 0 Å². The topological polar surface area (TPSA) is 60.8 Å². The molecule has 2 rings (SSSR count). The van der Waals surface area contributed by atoms with Crippen LogP contribution in [0, 0.1) is 0 Å². The zero-order valence-electron chi connectivity index (χ0n) is 12.4. The Balaban J connectivity index is 2.36. The molecule has 0 amide bonds. The molecule has 0 aliphatic rings. The normalized spacial score (nSPS) is 11.8. The molecule has 1 heterocycles. The van der Waals surface area contributed by atoms with Crippen molar-refractivity contribution in [2.45, 2.75) is 12.5 Å². The van der Waals surface area contributed by atoms with Gasteiger partial charge < -0.3 is 19.3 Å². The molecule has 1 N–H and O–H groups in total. The maximum absolute atomic E-state index is 10.5. The Morgan fingerprint density at radius 1 is 1.10 bits per heavy atom. The van der Waals surface area contributed by atoms with Crippen LogP contribution in [-0.4, -0.2) is 31.4 Å². The highest BCUT2D eigenvalue weighted by molar-refractivity contribution is 5.52. The van der Waals surface area contributed by atoms with E-state index in [1.165, 1.54) is 0 Å². The lowest BCUT2D eigenvalue weighted by molar-refractivity contribution is 0.169. The molecule has 21 heavy (non-hydrogen) atoms. The first-order chi connectivity index (χ1) is 10.2. The Morgan fingerprint density at radius 2 is 1.76 bits per heavy atom. The van der Waals surface area contributed by atoms with Gasteiger partial charge in [0.1, 0.15) is 17.2 Å². The van der Waals surface area contributed by atoms with Crippen molar-refractivity contribution in [2.75, 3.05) is 21.3 Å². The summed E-state index contributed by atoms with van der Waals surface area (Å²) >= 11 is 0. The van der Waals surface area contributed by atoms with Gasteiger partial charge in [-0.15, -0.1) is 0 Å². The molecule has 0 fully saturated rings. The van der Waals surface area contributed by atoms with E-state index in [0.29, 0.717) is 29.2 Å². The van der Waals surface area contributed by atoms with E-state index in [0.717, 1.165) is 5.56 Å². The van der Waals surface area contributed by atoms with E-state index in [1.807, 2.05) is 12.1 Å². The Hall–Kier alpha value is -2.27. The molecule has 0 aliphatic carbocycles.